The van der Waals surface area contributed by atoms with E-state index in [2.05, 4.69) is 11.4 Å². The molecule has 1 aliphatic rings. The summed E-state index contributed by atoms with van der Waals surface area (Å²) in [5.41, 5.74) is 2.48. The van der Waals surface area contributed by atoms with Crippen molar-refractivity contribution in [2.45, 2.75) is 13.0 Å². The number of hydrogen-bond acceptors (Lipinski definition) is 3. The molecule has 1 N–H and O–H groups in total. The molecule has 0 saturated carbocycles. The zero-order valence-electron chi connectivity index (χ0n) is 8.59. The van der Waals surface area contributed by atoms with E-state index in [0.29, 0.717) is 0 Å². The van der Waals surface area contributed by atoms with Gasteiger partial charge >= 0.3 is 0 Å². The number of rotatable bonds is 3. The lowest BCUT2D eigenvalue weighted by molar-refractivity contribution is 0.352. The zero-order valence-corrected chi connectivity index (χ0v) is 8.59. The van der Waals surface area contributed by atoms with Gasteiger partial charge in [0.15, 0.2) is 0 Å². The normalized spacial score (nSPS) is 13.6. The molecule has 0 bridgehead atoms. The molecule has 0 spiro atoms. The van der Waals surface area contributed by atoms with Crippen LogP contribution in [0.4, 0.5) is 0 Å². The maximum Gasteiger partial charge on any atom is 0.127 e. The van der Waals surface area contributed by atoms with Gasteiger partial charge in [0, 0.05) is 24.6 Å². The molecule has 0 amide bonds. The van der Waals surface area contributed by atoms with Gasteiger partial charge in [0.25, 0.3) is 0 Å². The molecule has 1 aliphatic heterocycles. The number of ether oxygens (including phenoxy) is 2. The Kier molecular flexibility index (Phi) is 2.59. The van der Waals surface area contributed by atoms with E-state index < -0.39 is 0 Å². The molecule has 1 aromatic carbocycles. The number of nitrogens with one attached hydrogen (secondary N) is 1. The van der Waals surface area contributed by atoms with Crippen LogP contribution in [0.15, 0.2) is 12.1 Å². The van der Waals surface area contributed by atoms with Crippen LogP contribution in [0.5, 0.6) is 11.5 Å². The smallest absolute Gasteiger partial charge is 0.127 e. The fourth-order valence-electron chi connectivity index (χ4n) is 1.78. The Morgan fingerprint density at radius 1 is 1.50 bits per heavy atom. The molecule has 0 fully saturated rings. The molecule has 0 atom stereocenters. The van der Waals surface area contributed by atoms with Crippen molar-refractivity contribution in [1.82, 2.24) is 5.32 Å². The summed E-state index contributed by atoms with van der Waals surface area (Å²) in [4.78, 5) is 0. The fraction of sp³-hybridized carbons (Fsp3) is 0.455. The van der Waals surface area contributed by atoms with E-state index in [-0.39, 0.29) is 0 Å². The SMILES string of the molecule is CNCc1cc2c(cc1OC)OCC2. The van der Waals surface area contributed by atoms with Crippen molar-refractivity contribution in [3.05, 3.63) is 23.3 Å². The summed E-state index contributed by atoms with van der Waals surface area (Å²) < 4.78 is 10.8. The Bertz CT molecular complexity index is 336. The Morgan fingerprint density at radius 2 is 2.36 bits per heavy atom. The summed E-state index contributed by atoms with van der Waals surface area (Å²) in [5.74, 6) is 1.88. The summed E-state index contributed by atoms with van der Waals surface area (Å²) >= 11 is 0. The minimum Gasteiger partial charge on any atom is -0.496 e. The second-order valence-corrected chi connectivity index (χ2v) is 3.40. The van der Waals surface area contributed by atoms with Crippen molar-refractivity contribution in [2.75, 3.05) is 20.8 Å². The van der Waals surface area contributed by atoms with Gasteiger partial charge in [0.1, 0.15) is 11.5 Å². The first-order valence-corrected chi connectivity index (χ1v) is 4.82. The lowest BCUT2D eigenvalue weighted by Crippen LogP contribution is -2.06. The number of benzene rings is 1. The predicted molar refractivity (Wildman–Crippen MR) is 55.0 cm³/mol. The lowest BCUT2D eigenvalue weighted by Gasteiger charge is -2.10. The highest BCUT2D eigenvalue weighted by Gasteiger charge is 2.15. The van der Waals surface area contributed by atoms with Crippen LogP contribution in [-0.2, 0) is 13.0 Å². The van der Waals surface area contributed by atoms with Crippen LogP contribution in [0.25, 0.3) is 0 Å². The molecule has 0 unspecified atom stereocenters. The van der Waals surface area contributed by atoms with Crippen molar-refractivity contribution in [3.8, 4) is 11.5 Å². The molecule has 14 heavy (non-hydrogen) atoms. The first-order chi connectivity index (χ1) is 6.85. The Morgan fingerprint density at radius 3 is 3.07 bits per heavy atom. The van der Waals surface area contributed by atoms with E-state index in [1.54, 1.807) is 7.11 Å². The largest absolute Gasteiger partial charge is 0.496 e. The van der Waals surface area contributed by atoms with Crippen LogP contribution in [-0.4, -0.2) is 20.8 Å². The van der Waals surface area contributed by atoms with Gasteiger partial charge < -0.3 is 14.8 Å². The topological polar surface area (TPSA) is 30.5 Å². The van der Waals surface area contributed by atoms with E-state index >= 15 is 0 Å². The van der Waals surface area contributed by atoms with Crippen LogP contribution in [0, 0.1) is 0 Å². The van der Waals surface area contributed by atoms with Crippen LogP contribution >= 0.6 is 0 Å². The molecular formula is C11H15NO2. The maximum absolute atomic E-state index is 5.47. The van der Waals surface area contributed by atoms with Gasteiger partial charge in [-0.05, 0) is 18.7 Å². The van der Waals surface area contributed by atoms with Crippen molar-refractivity contribution in [1.29, 1.82) is 0 Å². The Labute approximate surface area is 84.0 Å². The summed E-state index contributed by atoms with van der Waals surface area (Å²) in [6, 6.07) is 4.15. The average Bonchev–Trinajstić information content (AvgIpc) is 2.64. The van der Waals surface area contributed by atoms with E-state index in [1.165, 1.54) is 11.1 Å². The number of methoxy groups -OCH3 is 1. The lowest BCUT2D eigenvalue weighted by atomic mass is 10.1. The van der Waals surface area contributed by atoms with E-state index in [0.717, 1.165) is 31.1 Å². The van der Waals surface area contributed by atoms with Crippen molar-refractivity contribution < 1.29 is 9.47 Å². The molecule has 1 aromatic rings. The fourth-order valence-corrected chi connectivity index (χ4v) is 1.78. The van der Waals surface area contributed by atoms with Gasteiger partial charge in [0.05, 0.1) is 13.7 Å². The molecule has 0 aliphatic carbocycles. The van der Waals surface area contributed by atoms with Gasteiger partial charge in [-0.1, -0.05) is 0 Å². The molecule has 0 radical (unpaired) electrons. The zero-order chi connectivity index (χ0) is 9.97. The summed E-state index contributed by atoms with van der Waals surface area (Å²) in [6.07, 6.45) is 1.01. The van der Waals surface area contributed by atoms with Crippen molar-refractivity contribution in [2.24, 2.45) is 0 Å². The monoisotopic (exact) mass is 193 g/mol. The van der Waals surface area contributed by atoms with E-state index in [1.807, 2.05) is 13.1 Å². The molecule has 76 valence electrons. The average molecular weight is 193 g/mol. The first kappa shape index (κ1) is 9.34. The van der Waals surface area contributed by atoms with Gasteiger partial charge in [0.2, 0.25) is 0 Å². The Balaban J connectivity index is 2.38. The Hall–Kier alpha value is -1.22. The standard InChI is InChI=1S/C11H15NO2/c1-12-7-9-5-8-3-4-14-11(8)6-10(9)13-2/h5-6,12H,3-4,7H2,1-2H3. The van der Waals surface area contributed by atoms with Gasteiger partial charge in [-0.15, -0.1) is 0 Å². The third kappa shape index (κ3) is 1.55. The van der Waals surface area contributed by atoms with Crippen molar-refractivity contribution >= 4 is 0 Å². The molecule has 3 heteroatoms. The molecule has 1 heterocycles. The van der Waals surface area contributed by atoms with Crippen LogP contribution in [0.1, 0.15) is 11.1 Å². The van der Waals surface area contributed by atoms with E-state index in [9.17, 15) is 0 Å². The van der Waals surface area contributed by atoms with Gasteiger partial charge in [-0.2, -0.15) is 0 Å². The maximum atomic E-state index is 5.47. The number of fused-ring (bicyclic) bond motifs is 1. The highest BCUT2D eigenvalue weighted by Crippen LogP contribution is 2.32. The second kappa shape index (κ2) is 3.88. The predicted octanol–water partition coefficient (Wildman–Crippen LogP) is 1.35. The highest BCUT2D eigenvalue weighted by molar-refractivity contribution is 5.48. The highest BCUT2D eigenvalue weighted by atomic mass is 16.5. The molecule has 2 rings (SSSR count). The molecule has 3 nitrogen and oxygen atoms in total. The molecular weight excluding hydrogens is 178 g/mol. The van der Waals surface area contributed by atoms with Gasteiger partial charge in [-0.25, -0.2) is 0 Å². The van der Waals surface area contributed by atoms with Crippen molar-refractivity contribution in [3.63, 3.8) is 0 Å². The van der Waals surface area contributed by atoms with Crippen LogP contribution in [0.2, 0.25) is 0 Å². The third-order valence-electron chi connectivity index (χ3n) is 2.46. The third-order valence-corrected chi connectivity index (χ3v) is 2.46. The molecule has 0 saturated heterocycles. The van der Waals surface area contributed by atoms with Crippen LogP contribution < -0.4 is 14.8 Å². The van der Waals surface area contributed by atoms with Crippen LogP contribution in [0.3, 0.4) is 0 Å². The quantitative estimate of drug-likeness (QED) is 0.786. The van der Waals surface area contributed by atoms with Gasteiger partial charge in [-0.3, -0.25) is 0 Å². The first-order valence-electron chi connectivity index (χ1n) is 4.82. The summed E-state index contributed by atoms with van der Waals surface area (Å²) in [6.45, 7) is 1.62. The van der Waals surface area contributed by atoms with E-state index in [4.69, 9.17) is 9.47 Å². The number of hydrogen-bond donors (Lipinski definition) is 1. The summed E-state index contributed by atoms with van der Waals surface area (Å²) in [5, 5.41) is 3.13. The molecule has 0 aromatic heterocycles. The second-order valence-electron chi connectivity index (χ2n) is 3.40. The minimum atomic E-state index is 0.793. The minimum absolute atomic E-state index is 0.793. The summed E-state index contributed by atoms with van der Waals surface area (Å²) in [7, 11) is 3.62.